The lowest BCUT2D eigenvalue weighted by Gasteiger charge is -2.07. The molecular weight excluding hydrogens is 310 g/mol. The van der Waals surface area contributed by atoms with Gasteiger partial charge in [-0.15, -0.1) is 0 Å². The van der Waals surface area contributed by atoms with Crippen LogP contribution in [-0.4, -0.2) is 10.8 Å². The number of hydrogen-bond donors (Lipinski definition) is 2. The van der Waals surface area contributed by atoms with Crippen LogP contribution in [0.4, 0.5) is 11.6 Å². The Balaban J connectivity index is 1.69. The third kappa shape index (κ3) is 4.67. The number of benzene rings is 2. The normalized spacial score (nSPS) is 10.6. The lowest BCUT2D eigenvalue weighted by molar-refractivity contribution is 0.0982. The molecule has 0 unspecified atom stereocenters. The maximum absolute atomic E-state index is 12.5. The van der Waals surface area contributed by atoms with E-state index in [1.54, 1.807) is 12.1 Å². The fraction of sp³-hybridized carbons (Fsp3) is 0.143. The van der Waals surface area contributed by atoms with Gasteiger partial charge in [-0.3, -0.25) is 4.79 Å². The van der Waals surface area contributed by atoms with Crippen molar-refractivity contribution in [3.05, 3.63) is 89.0 Å². The van der Waals surface area contributed by atoms with Crippen molar-refractivity contribution in [1.29, 1.82) is 0 Å². The van der Waals surface area contributed by atoms with Crippen LogP contribution in [0, 0.1) is 0 Å². The number of Topliss-reactive ketones (excluding diaryl/α,β-unsaturated/α-hetero) is 1. The molecule has 25 heavy (non-hydrogen) atoms. The second-order valence-electron chi connectivity index (χ2n) is 6.11. The van der Waals surface area contributed by atoms with E-state index in [1.807, 2.05) is 54.6 Å². The van der Waals surface area contributed by atoms with Gasteiger partial charge in [0.2, 0.25) is 0 Å². The van der Waals surface area contributed by atoms with Gasteiger partial charge in [0.15, 0.2) is 5.78 Å². The average molecular weight is 331 g/mol. The highest BCUT2D eigenvalue weighted by molar-refractivity contribution is 5.96. The Labute approximate surface area is 147 Å². The smallest absolute Gasteiger partial charge is 0.163 e. The van der Waals surface area contributed by atoms with Gasteiger partial charge in [0, 0.05) is 12.0 Å². The number of nitrogens with zero attached hydrogens (tertiary/aromatic N) is 1. The summed E-state index contributed by atoms with van der Waals surface area (Å²) < 4.78 is 0. The molecule has 0 saturated carbocycles. The molecule has 1 aromatic heterocycles. The zero-order chi connectivity index (χ0) is 17.6. The number of carbonyl (C=O) groups is 1. The summed E-state index contributed by atoms with van der Waals surface area (Å²) in [5, 5.41) is 0. The molecule has 0 bridgehead atoms. The van der Waals surface area contributed by atoms with Crippen molar-refractivity contribution < 1.29 is 4.79 Å². The Morgan fingerprint density at radius 3 is 2.20 bits per heavy atom. The molecule has 3 aromatic rings. The summed E-state index contributed by atoms with van der Waals surface area (Å²) >= 11 is 0. The predicted octanol–water partition coefficient (Wildman–Crippen LogP) is 3.65. The SMILES string of the molecule is Nc1cc(Cc2cccc(C(=O)CCc3ccccc3)c2)cc(N)n1. The molecule has 0 aliphatic carbocycles. The molecule has 0 spiro atoms. The minimum Gasteiger partial charge on any atom is -0.384 e. The van der Waals surface area contributed by atoms with Crippen molar-refractivity contribution in [3.63, 3.8) is 0 Å². The van der Waals surface area contributed by atoms with Gasteiger partial charge < -0.3 is 11.5 Å². The van der Waals surface area contributed by atoms with Gasteiger partial charge in [0.05, 0.1) is 0 Å². The van der Waals surface area contributed by atoms with Crippen molar-refractivity contribution in [3.8, 4) is 0 Å². The molecule has 0 amide bonds. The Hall–Kier alpha value is -3.14. The van der Waals surface area contributed by atoms with Crippen LogP contribution >= 0.6 is 0 Å². The minimum absolute atomic E-state index is 0.152. The molecule has 0 radical (unpaired) electrons. The predicted molar refractivity (Wildman–Crippen MR) is 101 cm³/mol. The molecular formula is C21H21N3O. The first kappa shape index (κ1) is 16.7. The second-order valence-corrected chi connectivity index (χ2v) is 6.11. The number of rotatable bonds is 6. The third-order valence-corrected chi connectivity index (χ3v) is 4.07. The van der Waals surface area contributed by atoms with Gasteiger partial charge >= 0.3 is 0 Å². The third-order valence-electron chi connectivity index (χ3n) is 4.07. The van der Waals surface area contributed by atoms with E-state index in [-0.39, 0.29) is 5.78 Å². The summed E-state index contributed by atoms with van der Waals surface area (Å²) in [5.74, 6) is 0.967. The standard InChI is InChI=1S/C21H21N3O/c22-20-13-17(14-21(23)24-20)11-16-7-4-8-18(12-16)19(25)10-9-15-5-2-1-3-6-15/h1-8,12-14H,9-11H2,(H4,22,23,24). The highest BCUT2D eigenvalue weighted by Gasteiger charge is 2.08. The van der Waals surface area contributed by atoms with Crippen LogP contribution in [-0.2, 0) is 12.8 Å². The fourth-order valence-electron chi connectivity index (χ4n) is 2.87. The van der Waals surface area contributed by atoms with Crippen molar-refractivity contribution in [1.82, 2.24) is 4.98 Å². The molecule has 4 N–H and O–H groups in total. The average Bonchev–Trinajstić information content (AvgIpc) is 2.60. The maximum Gasteiger partial charge on any atom is 0.163 e. The topological polar surface area (TPSA) is 82.0 Å². The number of nitrogens with two attached hydrogens (primary N) is 2. The van der Waals surface area contributed by atoms with Gasteiger partial charge in [0.25, 0.3) is 0 Å². The first-order chi connectivity index (χ1) is 12.1. The first-order valence-electron chi connectivity index (χ1n) is 8.28. The van der Waals surface area contributed by atoms with Crippen LogP contribution < -0.4 is 11.5 Å². The summed E-state index contributed by atoms with van der Waals surface area (Å²) in [5.41, 5.74) is 15.4. The summed E-state index contributed by atoms with van der Waals surface area (Å²) in [4.78, 5) is 16.5. The summed E-state index contributed by atoms with van der Waals surface area (Å²) in [6.07, 6.45) is 1.92. The number of nitrogen functional groups attached to an aromatic ring is 2. The van der Waals surface area contributed by atoms with E-state index >= 15 is 0 Å². The first-order valence-corrected chi connectivity index (χ1v) is 8.28. The van der Waals surface area contributed by atoms with E-state index in [1.165, 1.54) is 5.56 Å². The monoisotopic (exact) mass is 331 g/mol. The molecule has 4 nitrogen and oxygen atoms in total. The summed E-state index contributed by atoms with van der Waals surface area (Å²) in [6, 6.07) is 21.4. The minimum atomic E-state index is 0.152. The number of pyridine rings is 1. The van der Waals surface area contributed by atoms with Crippen LogP contribution in [0.3, 0.4) is 0 Å². The van der Waals surface area contributed by atoms with E-state index in [0.717, 1.165) is 23.1 Å². The number of hydrogen-bond acceptors (Lipinski definition) is 4. The molecule has 1 heterocycles. The van der Waals surface area contributed by atoms with Crippen molar-refractivity contribution in [2.24, 2.45) is 0 Å². The number of anilines is 2. The van der Waals surface area contributed by atoms with Gasteiger partial charge in [-0.2, -0.15) is 0 Å². The Bertz CT molecular complexity index is 855. The zero-order valence-corrected chi connectivity index (χ0v) is 14.0. The Kier molecular flexibility index (Phi) is 5.09. The lowest BCUT2D eigenvalue weighted by Crippen LogP contribution is -2.03. The number of ketones is 1. The molecule has 0 aliphatic rings. The highest BCUT2D eigenvalue weighted by Crippen LogP contribution is 2.16. The molecule has 0 atom stereocenters. The Morgan fingerprint density at radius 1 is 0.800 bits per heavy atom. The fourth-order valence-corrected chi connectivity index (χ4v) is 2.87. The maximum atomic E-state index is 12.5. The quantitative estimate of drug-likeness (QED) is 0.675. The largest absolute Gasteiger partial charge is 0.384 e. The van der Waals surface area contributed by atoms with Gasteiger partial charge in [-0.05, 0) is 47.7 Å². The molecule has 0 aliphatic heterocycles. The molecule has 2 aromatic carbocycles. The highest BCUT2D eigenvalue weighted by atomic mass is 16.1. The lowest BCUT2D eigenvalue weighted by atomic mass is 9.98. The van der Waals surface area contributed by atoms with Crippen molar-refractivity contribution >= 4 is 17.4 Å². The number of carbonyl (C=O) groups excluding carboxylic acids is 1. The number of aryl methyl sites for hydroxylation is 1. The molecule has 0 saturated heterocycles. The number of aromatic nitrogens is 1. The van der Waals surface area contributed by atoms with Crippen LogP contribution in [0.25, 0.3) is 0 Å². The molecule has 3 rings (SSSR count). The molecule has 0 fully saturated rings. The van der Waals surface area contributed by atoms with Crippen LogP contribution in [0.1, 0.15) is 33.5 Å². The van der Waals surface area contributed by atoms with E-state index < -0.39 is 0 Å². The summed E-state index contributed by atoms with van der Waals surface area (Å²) in [6.45, 7) is 0. The van der Waals surface area contributed by atoms with E-state index in [0.29, 0.717) is 24.5 Å². The van der Waals surface area contributed by atoms with E-state index in [9.17, 15) is 4.79 Å². The summed E-state index contributed by atoms with van der Waals surface area (Å²) in [7, 11) is 0. The van der Waals surface area contributed by atoms with Gasteiger partial charge in [-0.25, -0.2) is 4.98 Å². The van der Waals surface area contributed by atoms with Crippen LogP contribution in [0.2, 0.25) is 0 Å². The molecule has 126 valence electrons. The van der Waals surface area contributed by atoms with Crippen molar-refractivity contribution in [2.75, 3.05) is 11.5 Å². The zero-order valence-electron chi connectivity index (χ0n) is 14.0. The van der Waals surface area contributed by atoms with Crippen molar-refractivity contribution in [2.45, 2.75) is 19.3 Å². The van der Waals surface area contributed by atoms with E-state index in [2.05, 4.69) is 4.98 Å². The van der Waals surface area contributed by atoms with Gasteiger partial charge in [-0.1, -0.05) is 48.5 Å². The molecule has 4 heteroatoms. The van der Waals surface area contributed by atoms with Crippen LogP contribution in [0.15, 0.2) is 66.7 Å². The second kappa shape index (κ2) is 7.62. The Morgan fingerprint density at radius 2 is 1.48 bits per heavy atom. The van der Waals surface area contributed by atoms with Gasteiger partial charge in [0.1, 0.15) is 11.6 Å². The van der Waals surface area contributed by atoms with Crippen LogP contribution in [0.5, 0.6) is 0 Å². The van der Waals surface area contributed by atoms with E-state index in [4.69, 9.17) is 11.5 Å².